The van der Waals surface area contributed by atoms with Crippen LogP contribution in [0.2, 0.25) is 0 Å². The number of amides is 1. The highest BCUT2D eigenvalue weighted by Gasteiger charge is 2.21. The van der Waals surface area contributed by atoms with Crippen molar-refractivity contribution < 1.29 is 18.8 Å². The molecule has 0 atom stereocenters. The van der Waals surface area contributed by atoms with E-state index in [1.54, 1.807) is 42.2 Å². The van der Waals surface area contributed by atoms with Gasteiger partial charge in [0.05, 0.1) is 5.56 Å². The average Bonchev–Trinajstić information content (AvgIpc) is 3.13. The maximum absolute atomic E-state index is 12.0. The zero-order valence-electron chi connectivity index (χ0n) is 12.2. The van der Waals surface area contributed by atoms with Gasteiger partial charge in [-0.1, -0.05) is 5.16 Å². The summed E-state index contributed by atoms with van der Waals surface area (Å²) in [6.07, 6.45) is 1.46. The van der Waals surface area contributed by atoms with Gasteiger partial charge in [-0.15, -0.1) is 0 Å². The van der Waals surface area contributed by atoms with E-state index in [1.807, 2.05) is 0 Å². The van der Waals surface area contributed by atoms with Crippen LogP contribution in [0.1, 0.15) is 34.7 Å². The second kappa shape index (κ2) is 6.01. The van der Waals surface area contributed by atoms with Crippen LogP contribution in [0, 0.1) is 6.92 Å². The minimum atomic E-state index is -0.431. The minimum absolute atomic E-state index is 0.0720. The lowest BCUT2D eigenvalue weighted by atomic mass is 10.2. The first-order valence-electron chi connectivity index (χ1n) is 7.13. The van der Waals surface area contributed by atoms with Gasteiger partial charge in [-0.05, 0) is 37.6 Å². The van der Waals surface area contributed by atoms with Crippen molar-refractivity contribution in [2.75, 3.05) is 11.4 Å². The number of esters is 1. The number of ether oxygens (including phenoxy) is 1. The van der Waals surface area contributed by atoms with Gasteiger partial charge in [0.1, 0.15) is 18.1 Å². The first-order chi connectivity index (χ1) is 10.6. The van der Waals surface area contributed by atoms with E-state index in [-0.39, 0.29) is 12.5 Å². The lowest BCUT2D eigenvalue weighted by Gasteiger charge is -2.15. The molecule has 6 nitrogen and oxygen atoms in total. The van der Waals surface area contributed by atoms with E-state index in [2.05, 4.69) is 5.16 Å². The summed E-state index contributed by atoms with van der Waals surface area (Å²) in [5.74, 6) is 0.363. The maximum Gasteiger partial charge on any atom is 0.338 e. The smallest absolute Gasteiger partial charge is 0.338 e. The molecule has 6 heteroatoms. The first kappa shape index (κ1) is 14.3. The quantitative estimate of drug-likeness (QED) is 0.811. The van der Waals surface area contributed by atoms with Gasteiger partial charge in [0, 0.05) is 24.7 Å². The number of benzene rings is 1. The SMILES string of the molecule is Cc1cc(COC(=O)c2ccc(N3CCCC3=O)cc2)no1. The van der Waals surface area contributed by atoms with Crippen molar-refractivity contribution in [2.45, 2.75) is 26.4 Å². The molecular formula is C16H16N2O4. The number of aromatic nitrogens is 1. The average molecular weight is 300 g/mol. The molecule has 1 aromatic heterocycles. The van der Waals surface area contributed by atoms with Gasteiger partial charge in [-0.25, -0.2) is 4.79 Å². The second-order valence-electron chi connectivity index (χ2n) is 5.20. The maximum atomic E-state index is 12.0. The fourth-order valence-electron chi connectivity index (χ4n) is 2.41. The van der Waals surface area contributed by atoms with E-state index in [1.165, 1.54) is 0 Å². The van der Waals surface area contributed by atoms with Gasteiger partial charge in [0.15, 0.2) is 0 Å². The molecule has 1 saturated heterocycles. The lowest BCUT2D eigenvalue weighted by molar-refractivity contribution is -0.117. The van der Waals surface area contributed by atoms with Crippen LogP contribution < -0.4 is 4.90 Å². The predicted octanol–water partition coefficient (Wildman–Crippen LogP) is 2.47. The van der Waals surface area contributed by atoms with Crippen LogP contribution in [0.15, 0.2) is 34.9 Å². The van der Waals surface area contributed by atoms with Gasteiger partial charge in [0.2, 0.25) is 5.91 Å². The highest BCUT2D eigenvalue weighted by Crippen LogP contribution is 2.21. The molecule has 114 valence electrons. The van der Waals surface area contributed by atoms with Gasteiger partial charge in [0.25, 0.3) is 0 Å². The second-order valence-corrected chi connectivity index (χ2v) is 5.20. The fraction of sp³-hybridized carbons (Fsp3) is 0.312. The Hall–Kier alpha value is -2.63. The molecule has 1 aromatic carbocycles. The third-order valence-corrected chi connectivity index (χ3v) is 3.52. The summed E-state index contributed by atoms with van der Waals surface area (Å²) in [7, 11) is 0. The summed E-state index contributed by atoms with van der Waals surface area (Å²) in [6.45, 7) is 2.58. The van der Waals surface area contributed by atoms with Gasteiger partial charge < -0.3 is 14.2 Å². The first-order valence-corrected chi connectivity index (χ1v) is 7.13. The molecule has 2 aromatic rings. The van der Waals surface area contributed by atoms with Gasteiger partial charge >= 0.3 is 5.97 Å². The molecule has 1 amide bonds. The van der Waals surface area contributed by atoms with Crippen LogP contribution in [0.3, 0.4) is 0 Å². The van der Waals surface area contributed by atoms with Gasteiger partial charge in [-0.3, -0.25) is 4.79 Å². The normalized spacial score (nSPS) is 14.4. The molecule has 1 aliphatic heterocycles. The Bertz CT molecular complexity index is 690. The Morgan fingerprint density at radius 1 is 1.36 bits per heavy atom. The molecule has 0 aliphatic carbocycles. The standard InChI is InChI=1S/C16H16N2O4/c1-11-9-13(17-22-11)10-21-16(20)12-4-6-14(7-5-12)18-8-2-3-15(18)19/h4-7,9H,2-3,8,10H2,1H3. The van der Waals surface area contributed by atoms with Crippen molar-refractivity contribution in [2.24, 2.45) is 0 Å². The zero-order valence-corrected chi connectivity index (χ0v) is 12.2. The summed E-state index contributed by atoms with van der Waals surface area (Å²) in [5, 5.41) is 3.76. The van der Waals surface area contributed by atoms with Crippen molar-refractivity contribution in [1.82, 2.24) is 5.16 Å². The predicted molar refractivity (Wildman–Crippen MR) is 78.4 cm³/mol. The molecule has 0 radical (unpaired) electrons. The van der Waals surface area contributed by atoms with E-state index in [0.717, 1.165) is 18.7 Å². The summed E-state index contributed by atoms with van der Waals surface area (Å²) < 4.78 is 10.1. The molecule has 2 heterocycles. The van der Waals surface area contributed by atoms with Crippen LogP contribution in [-0.2, 0) is 16.1 Å². The molecule has 0 spiro atoms. The number of nitrogens with zero attached hydrogens (tertiary/aromatic N) is 2. The van der Waals surface area contributed by atoms with Crippen molar-refractivity contribution in [3.63, 3.8) is 0 Å². The van der Waals surface area contributed by atoms with E-state index < -0.39 is 5.97 Å². The number of hydrogen-bond donors (Lipinski definition) is 0. The lowest BCUT2D eigenvalue weighted by Crippen LogP contribution is -2.23. The Labute approximate surface area is 127 Å². The Morgan fingerprint density at radius 2 is 2.14 bits per heavy atom. The number of anilines is 1. The van der Waals surface area contributed by atoms with Crippen LogP contribution in [0.5, 0.6) is 0 Å². The number of rotatable bonds is 4. The topological polar surface area (TPSA) is 72.6 Å². The molecule has 1 fully saturated rings. The number of hydrogen-bond acceptors (Lipinski definition) is 5. The summed E-state index contributed by atoms with van der Waals surface area (Å²) in [6, 6.07) is 8.57. The molecule has 0 saturated carbocycles. The molecule has 22 heavy (non-hydrogen) atoms. The number of carbonyl (C=O) groups is 2. The van der Waals surface area contributed by atoms with Crippen molar-refractivity contribution in [3.05, 3.63) is 47.3 Å². The van der Waals surface area contributed by atoms with Crippen molar-refractivity contribution in [1.29, 1.82) is 0 Å². The molecule has 3 rings (SSSR count). The van der Waals surface area contributed by atoms with Crippen molar-refractivity contribution >= 4 is 17.6 Å². The highest BCUT2D eigenvalue weighted by atomic mass is 16.5. The van der Waals surface area contributed by atoms with E-state index in [0.29, 0.717) is 23.4 Å². The van der Waals surface area contributed by atoms with E-state index >= 15 is 0 Å². The van der Waals surface area contributed by atoms with Crippen LogP contribution in [-0.4, -0.2) is 23.6 Å². The zero-order chi connectivity index (χ0) is 15.5. The molecule has 1 aliphatic rings. The van der Waals surface area contributed by atoms with E-state index in [9.17, 15) is 9.59 Å². The fourth-order valence-corrected chi connectivity index (χ4v) is 2.41. The number of aryl methyl sites for hydroxylation is 1. The van der Waals surface area contributed by atoms with Crippen LogP contribution in [0.4, 0.5) is 5.69 Å². The monoisotopic (exact) mass is 300 g/mol. The summed E-state index contributed by atoms with van der Waals surface area (Å²) in [4.78, 5) is 25.4. The number of carbonyl (C=O) groups excluding carboxylic acids is 2. The Balaban J connectivity index is 1.62. The van der Waals surface area contributed by atoms with E-state index in [4.69, 9.17) is 9.26 Å². The minimum Gasteiger partial charge on any atom is -0.455 e. The highest BCUT2D eigenvalue weighted by molar-refractivity contribution is 5.96. The van der Waals surface area contributed by atoms with Crippen LogP contribution >= 0.6 is 0 Å². The van der Waals surface area contributed by atoms with Crippen molar-refractivity contribution in [3.8, 4) is 0 Å². The third kappa shape index (κ3) is 3.00. The van der Waals surface area contributed by atoms with Crippen LogP contribution in [0.25, 0.3) is 0 Å². The largest absolute Gasteiger partial charge is 0.455 e. The third-order valence-electron chi connectivity index (χ3n) is 3.52. The Kier molecular flexibility index (Phi) is 3.91. The Morgan fingerprint density at radius 3 is 2.73 bits per heavy atom. The molecule has 0 bridgehead atoms. The molecule has 0 unspecified atom stereocenters. The molecule has 0 N–H and O–H groups in total. The van der Waals surface area contributed by atoms with Gasteiger partial charge in [-0.2, -0.15) is 0 Å². The summed E-state index contributed by atoms with van der Waals surface area (Å²) >= 11 is 0. The summed E-state index contributed by atoms with van der Waals surface area (Å²) in [5.41, 5.74) is 1.83. The molecular weight excluding hydrogens is 284 g/mol.